The molecule has 1 aliphatic heterocycles. The van der Waals surface area contributed by atoms with E-state index in [1.54, 1.807) is 4.90 Å². The number of hydrogen-bond donors (Lipinski definition) is 2. The molecule has 1 aromatic carbocycles. The van der Waals surface area contributed by atoms with Gasteiger partial charge in [0.1, 0.15) is 6.54 Å². The van der Waals surface area contributed by atoms with Gasteiger partial charge in [-0.05, 0) is 18.6 Å². The van der Waals surface area contributed by atoms with Crippen molar-refractivity contribution in [2.24, 2.45) is 0 Å². The molecule has 2 nitrogen and oxygen atoms in total. The number of benzene rings is 1. The van der Waals surface area contributed by atoms with Crippen LogP contribution in [-0.4, -0.2) is 25.7 Å². The molecule has 1 fully saturated rings. The minimum absolute atomic E-state index is 0.641. The number of nitrogens with two attached hydrogens (primary N) is 1. The molecule has 106 valence electrons. The third kappa shape index (κ3) is 4.64. The Morgan fingerprint density at radius 2 is 1.95 bits per heavy atom. The van der Waals surface area contributed by atoms with Crippen molar-refractivity contribution in [3.8, 4) is 0 Å². The molecule has 0 radical (unpaired) electrons. The quantitative estimate of drug-likeness (QED) is 0.823. The van der Waals surface area contributed by atoms with E-state index >= 15 is 0 Å². The monoisotopic (exact) mass is 302 g/mol. The summed E-state index contributed by atoms with van der Waals surface area (Å²) in [5, 5.41) is 3.76. The first-order valence-electron chi connectivity index (χ1n) is 7.30. The molecule has 4 heteroatoms. The molecule has 1 aromatic rings. The first-order chi connectivity index (χ1) is 9.19. The van der Waals surface area contributed by atoms with Gasteiger partial charge in [0, 0.05) is 18.4 Å². The van der Waals surface area contributed by atoms with E-state index in [4.69, 9.17) is 23.2 Å². The van der Waals surface area contributed by atoms with Crippen LogP contribution >= 0.6 is 23.2 Å². The Bertz CT molecular complexity index is 401. The van der Waals surface area contributed by atoms with Gasteiger partial charge in [-0.25, -0.2) is 0 Å². The molecule has 1 aliphatic rings. The third-order valence-electron chi connectivity index (χ3n) is 4.01. The highest BCUT2D eigenvalue weighted by Gasteiger charge is 2.23. The zero-order chi connectivity index (χ0) is 13.7. The fourth-order valence-electron chi connectivity index (χ4n) is 2.86. The number of nitrogens with one attached hydrogen (secondary N) is 1. The molecule has 0 atom stereocenters. The zero-order valence-electron chi connectivity index (χ0n) is 11.6. The van der Waals surface area contributed by atoms with Gasteiger partial charge >= 0.3 is 0 Å². The summed E-state index contributed by atoms with van der Waals surface area (Å²) in [6.45, 7) is 7.27. The van der Waals surface area contributed by atoms with Crippen molar-refractivity contribution < 1.29 is 10.2 Å². The van der Waals surface area contributed by atoms with Crippen LogP contribution < -0.4 is 10.2 Å². The van der Waals surface area contributed by atoms with Gasteiger partial charge in [0.15, 0.2) is 0 Å². The van der Waals surface area contributed by atoms with Crippen LogP contribution in [0.2, 0.25) is 10.0 Å². The predicted molar refractivity (Wildman–Crippen MR) is 81.0 cm³/mol. The third-order valence-corrected chi connectivity index (χ3v) is 4.75. The SMILES string of the molecule is CCC[NH+]1CCC([NH2+]Cc2ccc(Cl)c(Cl)c2)CC1. The van der Waals surface area contributed by atoms with Crippen LogP contribution in [0.1, 0.15) is 31.7 Å². The van der Waals surface area contributed by atoms with E-state index in [2.05, 4.69) is 18.3 Å². The lowest BCUT2D eigenvalue weighted by atomic mass is 10.0. The van der Waals surface area contributed by atoms with Gasteiger partial charge in [-0.3, -0.25) is 0 Å². The normalized spacial score (nSPS) is 23.5. The lowest BCUT2D eigenvalue weighted by Gasteiger charge is -2.27. The van der Waals surface area contributed by atoms with Gasteiger partial charge in [-0.15, -0.1) is 0 Å². The number of piperidine rings is 1. The highest BCUT2D eigenvalue weighted by molar-refractivity contribution is 6.41. The summed E-state index contributed by atoms with van der Waals surface area (Å²) in [6, 6.07) is 6.72. The van der Waals surface area contributed by atoms with Crippen molar-refractivity contribution >= 4 is 23.2 Å². The topological polar surface area (TPSA) is 21.1 Å². The number of hydrogen-bond acceptors (Lipinski definition) is 0. The first-order valence-corrected chi connectivity index (χ1v) is 8.05. The maximum atomic E-state index is 6.04. The minimum Gasteiger partial charge on any atom is -0.340 e. The first kappa shape index (κ1) is 15.1. The van der Waals surface area contributed by atoms with Gasteiger partial charge in [0.05, 0.1) is 35.7 Å². The Morgan fingerprint density at radius 3 is 2.58 bits per heavy atom. The standard InChI is InChI=1S/C15H22Cl2N2/c1-2-7-19-8-5-13(6-9-19)18-11-12-3-4-14(16)15(17)10-12/h3-4,10,13,18H,2,5-9,11H2,1H3/p+2. The summed E-state index contributed by atoms with van der Waals surface area (Å²) in [7, 11) is 0. The van der Waals surface area contributed by atoms with Gasteiger partial charge in [0.25, 0.3) is 0 Å². The molecule has 1 heterocycles. The van der Waals surface area contributed by atoms with E-state index in [1.807, 2.05) is 12.1 Å². The molecule has 0 spiro atoms. The van der Waals surface area contributed by atoms with Crippen molar-refractivity contribution in [3.05, 3.63) is 33.8 Å². The molecule has 19 heavy (non-hydrogen) atoms. The van der Waals surface area contributed by atoms with E-state index in [9.17, 15) is 0 Å². The summed E-state index contributed by atoms with van der Waals surface area (Å²) in [5.74, 6) is 0. The molecule has 3 N–H and O–H groups in total. The Kier molecular flexibility index (Phi) is 5.96. The second-order valence-electron chi connectivity index (χ2n) is 5.53. The van der Waals surface area contributed by atoms with Crippen molar-refractivity contribution in [1.82, 2.24) is 0 Å². The lowest BCUT2D eigenvalue weighted by molar-refractivity contribution is -0.913. The van der Waals surface area contributed by atoms with Crippen molar-refractivity contribution in [2.75, 3.05) is 19.6 Å². The molecule has 0 aliphatic carbocycles. The van der Waals surface area contributed by atoms with Crippen LogP contribution in [0.5, 0.6) is 0 Å². The van der Waals surface area contributed by atoms with E-state index in [1.165, 1.54) is 44.5 Å². The van der Waals surface area contributed by atoms with Crippen LogP contribution in [0, 0.1) is 0 Å². The fraction of sp³-hybridized carbons (Fsp3) is 0.600. The number of quaternary nitrogens is 2. The maximum absolute atomic E-state index is 6.04. The lowest BCUT2D eigenvalue weighted by Crippen LogP contribution is -3.14. The van der Waals surface area contributed by atoms with Gasteiger partial charge in [-0.1, -0.05) is 36.2 Å². The fourth-order valence-corrected chi connectivity index (χ4v) is 3.18. The molecular formula is C15H24Cl2N2+2. The summed E-state index contributed by atoms with van der Waals surface area (Å²) >= 11 is 12.0. The molecule has 0 saturated carbocycles. The van der Waals surface area contributed by atoms with Gasteiger partial charge < -0.3 is 10.2 Å². The Labute approximate surface area is 126 Å². The Hall–Kier alpha value is -0.280. The average Bonchev–Trinajstić information content (AvgIpc) is 2.42. The highest BCUT2D eigenvalue weighted by atomic mass is 35.5. The van der Waals surface area contributed by atoms with E-state index in [0.717, 1.165) is 12.6 Å². The largest absolute Gasteiger partial charge is 0.340 e. The van der Waals surface area contributed by atoms with E-state index < -0.39 is 0 Å². The predicted octanol–water partition coefficient (Wildman–Crippen LogP) is 1.51. The number of halogens is 2. The van der Waals surface area contributed by atoms with E-state index in [0.29, 0.717) is 10.0 Å². The van der Waals surface area contributed by atoms with Crippen LogP contribution in [0.15, 0.2) is 18.2 Å². The minimum atomic E-state index is 0.641. The summed E-state index contributed by atoms with van der Waals surface area (Å²) < 4.78 is 0. The molecule has 2 rings (SSSR count). The highest BCUT2D eigenvalue weighted by Crippen LogP contribution is 2.22. The second-order valence-corrected chi connectivity index (χ2v) is 6.34. The summed E-state index contributed by atoms with van der Waals surface area (Å²) in [6.07, 6.45) is 3.96. The van der Waals surface area contributed by atoms with Crippen LogP contribution in [0.25, 0.3) is 0 Å². The van der Waals surface area contributed by atoms with Crippen molar-refractivity contribution in [3.63, 3.8) is 0 Å². The van der Waals surface area contributed by atoms with Crippen LogP contribution in [0.3, 0.4) is 0 Å². The van der Waals surface area contributed by atoms with Gasteiger partial charge in [-0.2, -0.15) is 0 Å². The van der Waals surface area contributed by atoms with Crippen LogP contribution in [-0.2, 0) is 6.54 Å². The number of likely N-dealkylation sites (tertiary alicyclic amines) is 1. The molecule has 0 unspecified atom stereocenters. The van der Waals surface area contributed by atoms with Crippen molar-refractivity contribution in [2.45, 2.75) is 38.8 Å². The van der Waals surface area contributed by atoms with Crippen molar-refractivity contribution in [1.29, 1.82) is 0 Å². The number of rotatable bonds is 5. The summed E-state index contributed by atoms with van der Waals surface area (Å²) in [4.78, 5) is 1.78. The van der Waals surface area contributed by atoms with Gasteiger partial charge in [0.2, 0.25) is 0 Å². The smallest absolute Gasteiger partial charge is 0.101 e. The molecule has 0 bridgehead atoms. The Morgan fingerprint density at radius 1 is 1.21 bits per heavy atom. The maximum Gasteiger partial charge on any atom is 0.101 e. The second kappa shape index (κ2) is 7.49. The average molecular weight is 303 g/mol. The molecule has 0 aromatic heterocycles. The zero-order valence-corrected chi connectivity index (χ0v) is 13.1. The molecule has 0 amide bonds. The van der Waals surface area contributed by atoms with Crippen LogP contribution in [0.4, 0.5) is 0 Å². The summed E-state index contributed by atoms with van der Waals surface area (Å²) in [5.41, 5.74) is 1.26. The Balaban J connectivity index is 1.75. The molecular weight excluding hydrogens is 279 g/mol. The molecule has 1 saturated heterocycles. The van der Waals surface area contributed by atoms with E-state index in [-0.39, 0.29) is 0 Å².